The standard InChI is InChI=1S/C29H28N2O4S/c1-3-35-25-17-15-24(16-18-25)31(36(33,34)26-19-13-22(2)14-20-26)21-29(32)30-28-12-8-7-11-27(28)23-9-5-4-6-10-23/h4-20H,3,21H2,1-2H3,(H,30,32). The molecular formula is C29H28N2O4S. The minimum absolute atomic E-state index is 0.111. The largest absolute Gasteiger partial charge is 0.494 e. The normalized spacial score (nSPS) is 11.1. The van der Waals surface area contributed by atoms with E-state index in [1.807, 2.05) is 62.4 Å². The number of anilines is 2. The maximum absolute atomic E-state index is 13.6. The second-order valence-corrected chi connectivity index (χ2v) is 10.1. The lowest BCUT2D eigenvalue weighted by molar-refractivity contribution is -0.114. The summed E-state index contributed by atoms with van der Waals surface area (Å²) in [5.74, 6) is 0.165. The molecule has 1 N–H and O–H groups in total. The van der Waals surface area contributed by atoms with E-state index < -0.39 is 22.5 Å². The fraction of sp³-hybridized carbons (Fsp3) is 0.138. The minimum atomic E-state index is -4.01. The molecule has 184 valence electrons. The van der Waals surface area contributed by atoms with Gasteiger partial charge in [-0.25, -0.2) is 8.42 Å². The van der Waals surface area contributed by atoms with Crippen LogP contribution in [-0.4, -0.2) is 27.5 Å². The summed E-state index contributed by atoms with van der Waals surface area (Å²) in [5.41, 5.74) is 3.71. The van der Waals surface area contributed by atoms with Crippen LogP contribution < -0.4 is 14.4 Å². The van der Waals surface area contributed by atoms with Crippen LogP contribution in [0.25, 0.3) is 11.1 Å². The number of hydrogen-bond donors (Lipinski definition) is 1. The Kier molecular flexibility index (Phi) is 7.71. The highest BCUT2D eigenvalue weighted by atomic mass is 32.2. The molecule has 0 saturated carbocycles. The first-order valence-electron chi connectivity index (χ1n) is 11.6. The van der Waals surface area contributed by atoms with E-state index in [1.165, 1.54) is 0 Å². The van der Waals surface area contributed by atoms with Crippen molar-refractivity contribution in [3.8, 4) is 16.9 Å². The van der Waals surface area contributed by atoms with Gasteiger partial charge in [0.1, 0.15) is 12.3 Å². The Bertz CT molecular complexity index is 1420. The summed E-state index contributed by atoms with van der Waals surface area (Å²) in [4.78, 5) is 13.3. The quantitative estimate of drug-likeness (QED) is 0.311. The molecule has 0 radical (unpaired) electrons. The van der Waals surface area contributed by atoms with E-state index in [4.69, 9.17) is 4.74 Å². The first-order chi connectivity index (χ1) is 17.4. The average molecular weight is 501 g/mol. The molecule has 1 amide bonds. The highest BCUT2D eigenvalue weighted by Crippen LogP contribution is 2.29. The molecule has 0 unspecified atom stereocenters. The van der Waals surface area contributed by atoms with Gasteiger partial charge < -0.3 is 10.1 Å². The molecule has 0 aliphatic rings. The summed E-state index contributed by atoms with van der Waals surface area (Å²) in [5, 5.41) is 2.90. The fourth-order valence-corrected chi connectivity index (χ4v) is 5.23. The number of ether oxygens (including phenoxy) is 1. The topological polar surface area (TPSA) is 75.7 Å². The average Bonchev–Trinajstić information content (AvgIpc) is 2.89. The number of carbonyl (C=O) groups is 1. The zero-order valence-corrected chi connectivity index (χ0v) is 21.0. The van der Waals surface area contributed by atoms with E-state index in [9.17, 15) is 13.2 Å². The predicted molar refractivity (Wildman–Crippen MR) is 144 cm³/mol. The zero-order valence-electron chi connectivity index (χ0n) is 20.2. The summed E-state index contributed by atoms with van der Waals surface area (Å²) in [7, 11) is -4.01. The Morgan fingerprint density at radius 3 is 2.14 bits per heavy atom. The molecule has 0 saturated heterocycles. The number of nitrogens with zero attached hydrogens (tertiary/aromatic N) is 1. The molecule has 0 atom stereocenters. The zero-order chi connectivity index (χ0) is 25.5. The number of para-hydroxylation sites is 1. The van der Waals surface area contributed by atoms with E-state index in [1.54, 1.807) is 54.6 Å². The van der Waals surface area contributed by atoms with Crippen LogP contribution in [0.3, 0.4) is 0 Å². The number of aryl methyl sites for hydroxylation is 1. The van der Waals surface area contributed by atoms with Crippen LogP contribution in [0.5, 0.6) is 5.75 Å². The summed E-state index contributed by atoms with van der Waals surface area (Å²) in [6, 6.07) is 30.4. The molecule has 0 aromatic heterocycles. The number of nitrogens with one attached hydrogen (secondary N) is 1. The Morgan fingerprint density at radius 2 is 1.47 bits per heavy atom. The van der Waals surface area contributed by atoms with E-state index in [2.05, 4.69) is 5.32 Å². The van der Waals surface area contributed by atoms with Crippen LogP contribution in [-0.2, 0) is 14.8 Å². The summed E-state index contributed by atoms with van der Waals surface area (Å²) in [6.45, 7) is 3.86. The Morgan fingerprint density at radius 1 is 0.833 bits per heavy atom. The monoisotopic (exact) mass is 500 g/mol. The van der Waals surface area contributed by atoms with Crippen molar-refractivity contribution in [2.24, 2.45) is 0 Å². The Labute approximate surface area is 212 Å². The molecule has 4 rings (SSSR count). The maximum atomic E-state index is 13.6. The lowest BCUT2D eigenvalue weighted by Crippen LogP contribution is -2.38. The molecule has 0 spiro atoms. The highest BCUT2D eigenvalue weighted by Gasteiger charge is 2.27. The lowest BCUT2D eigenvalue weighted by atomic mass is 10.0. The summed E-state index contributed by atoms with van der Waals surface area (Å²) in [6.07, 6.45) is 0. The van der Waals surface area contributed by atoms with Crippen molar-refractivity contribution in [2.45, 2.75) is 18.7 Å². The van der Waals surface area contributed by atoms with Gasteiger partial charge in [0, 0.05) is 11.3 Å². The Hall–Kier alpha value is -4.10. The van der Waals surface area contributed by atoms with Crippen molar-refractivity contribution in [3.63, 3.8) is 0 Å². The third-order valence-corrected chi connectivity index (χ3v) is 7.41. The van der Waals surface area contributed by atoms with Gasteiger partial charge in [-0.1, -0.05) is 66.2 Å². The fourth-order valence-electron chi connectivity index (χ4n) is 3.81. The van der Waals surface area contributed by atoms with Crippen LogP contribution in [0.2, 0.25) is 0 Å². The third kappa shape index (κ3) is 5.75. The Balaban J connectivity index is 1.66. The second kappa shape index (κ2) is 11.1. The van der Waals surface area contributed by atoms with E-state index in [-0.39, 0.29) is 4.90 Å². The summed E-state index contributed by atoms with van der Waals surface area (Å²) >= 11 is 0. The van der Waals surface area contributed by atoms with E-state index >= 15 is 0 Å². The first kappa shape index (κ1) is 25.0. The highest BCUT2D eigenvalue weighted by molar-refractivity contribution is 7.92. The number of amides is 1. The van der Waals surface area contributed by atoms with Crippen molar-refractivity contribution in [3.05, 3.63) is 109 Å². The van der Waals surface area contributed by atoms with Gasteiger partial charge in [0.2, 0.25) is 5.91 Å². The molecule has 4 aromatic rings. The lowest BCUT2D eigenvalue weighted by Gasteiger charge is -2.24. The minimum Gasteiger partial charge on any atom is -0.494 e. The maximum Gasteiger partial charge on any atom is 0.264 e. The predicted octanol–water partition coefficient (Wildman–Crippen LogP) is 5.89. The van der Waals surface area contributed by atoms with Gasteiger partial charge in [-0.05, 0) is 61.9 Å². The van der Waals surface area contributed by atoms with Gasteiger partial charge in [0.25, 0.3) is 10.0 Å². The molecule has 0 fully saturated rings. The van der Waals surface area contributed by atoms with Gasteiger partial charge in [-0.3, -0.25) is 9.10 Å². The molecular weight excluding hydrogens is 472 g/mol. The van der Waals surface area contributed by atoms with Gasteiger partial charge >= 0.3 is 0 Å². The van der Waals surface area contributed by atoms with Crippen molar-refractivity contribution in [2.75, 3.05) is 22.8 Å². The molecule has 6 nitrogen and oxygen atoms in total. The molecule has 0 aliphatic heterocycles. The van der Waals surface area contributed by atoms with Crippen LogP contribution in [0.4, 0.5) is 11.4 Å². The molecule has 36 heavy (non-hydrogen) atoms. The first-order valence-corrected chi connectivity index (χ1v) is 13.1. The SMILES string of the molecule is CCOc1ccc(N(CC(=O)Nc2ccccc2-c2ccccc2)S(=O)(=O)c2ccc(C)cc2)cc1. The van der Waals surface area contributed by atoms with Crippen molar-refractivity contribution < 1.29 is 17.9 Å². The van der Waals surface area contributed by atoms with Crippen LogP contribution in [0.15, 0.2) is 108 Å². The van der Waals surface area contributed by atoms with Gasteiger partial charge in [-0.15, -0.1) is 0 Å². The van der Waals surface area contributed by atoms with Crippen LogP contribution in [0.1, 0.15) is 12.5 Å². The number of rotatable bonds is 9. The smallest absolute Gasteiger partial charge is 0.264 e. The second-order valence-electron chi connectivity index (χ2n) is 8.21. The molecule has 0 aliphatic carbocycles. The number of carbonyl (C=O) groups excluding carboxylic acids is 1. The van der Waals surface area contributed by atoms with E-state index in [0.717, 1.165) is 21.0 Å². The molecule has 7 heteroatoms. The van der Waals surface area contributed by atoms with Crippen LogP contribution >= 0.6 is 0 Å². The van der Waals surface area contributed by atoms with E-state index in [0.29, 0.717) is 23.7 Å². The molecule has 0 bridgehead atoms. The number of sulfonamides is 1. The number of hydrogen-bond acceptors (Lipinski definition) is 4. The summed E-state index contributed by atoms with van der Waals surface area (Å²) < 4.78 is 33.9. The van der Waals surface area contributed by atoms with Gasteiger partial charge in [0.15, 0.2) is 0 Å². The third-order valence-electron chi connectivity index (χ3n) is 5.62. The van der Waals surface area contributed by atoms with Gasteiger partial charge in [0.05, 0.1) is 17.2 Å². The molecule has 0 heterocycles. The van der Waals surface area contributed by atoms with Crippen molar-refractivity contribution >= 4 is 27.3 Å². The molecule has 4 aromatic carbocycles. The van der Waals surface area contributed by atoms with Gasteiger partial charge in [-0.2, -0.15) is 0 Å². The number of benzene rings is 4. The van der Waals surface area contributed by atoms with Crippen molar-refractivity contribution in [1.29, 1.82) is 0 Å². The van der Waals surface area contributed by atoms with Crippen LogP contribution in [0, 0.1) is 6.92 Å². The van der Waals surface area contributed by atoms with Crippen molar-refractivity contribution in [1.82, 2.24) is 0 Å².